The first-order valence-electron chi connectivity index (χ1n) is 37.9. The van der Waals surface area contributed by atoms with Crippen LogP contribution in [0.25, 0.3) is 0 Å². The lowest BCUT2D eigenvalue weighted by molar-refractivity contribution is -0.154. The molecule has 9 amide bonds. The number of carboxylic acid groups (broad SMARTS) is 1. The van der Waals surface area contributed by atoms with Crippen molar-refractivity contribution in [2.75, 3.05) is 0 Å². The topological polar surface area (TPSA) is 476 Å². The van der Waals surface area contributed by atoms with Crippen LogP contribution in [0.1, 0.15) is 243 Å². The Labute approximate surface area is 672 Å². The lowest BCUT2D eigenvalue weighted by atomic mass is 10.1. The molecule has 0 fully saturated rings. The number of hydrogen-bond acceptors (Lipinski definition) is 23. The second kappa shape index (κ2) is 54.4. The Kier molecular flexibility index (Phi) is 47.7. The zero-order valence-corrected chi connectivity index (χ0v) is 69.0. The van der Waals surface area contributed by atoms with E-state index in [-0.39, 0.29) is 97.6 Å². The summed E-state index contributed by atoms with van der Waals surface area (Å²) in [5.41, 5.74) is -0.138. The Balaban J connectivity index is 0.000000852. The molecular formula is C82H115N13O20. The number of allylic oxidation sites excluding steroid dienone is 6. The minimum absolute atomic E-state index is 0.00234. The van der Waals surface area contributed by atoms with Gasteiger partial charge in [0.05, 0.1) is 55.6 Å². The number of unbranched alkanes of at least 4 members (excludes halogenated alkanes) is 3. The van der Waals surface area contributed by atoms with Crippen molar-refractivity contribution in [1.29, 1.82) is 5.26 Å². The maximum atomic E-state index is 12.9. The molecule has 10 N–H and O–H groups in total. The number of Topliss-reactive ketones (excluding diaryl/α,β-unsaturated/α-hetero) is 1. The fourth-order valence-corrected chi connectivity index (χ4v) is 9.38. The molecule has 3 aromatic heterocycles. The number of esters is 3. The summed E-state index contributed by atoms with van der Waals surface area (Å²) in [5.74, 6) is -7.68. The summed E-state index contributed by atoms with van der Waals surface area (Å²) in [7, 11) is 0. The van der Waals surface area contributed by atoms with Crippen LogP contribution in [0.5, 0.6) is 0 Å². The number of aliphatic carboxylic acids is 1. The van der Waals surface area contributed by atoms with Gasteiger partial charge in [0.25, 0.3) is 35.4 Å². The van der Waals surface area contributed by atoms with Gasteiger partial charge >= 0.3 is 36.1 Å². The lowest BCUT2D eigenvalue weighted by Crippen LogP contribution is -2.46. The van der Waals surface area contributed by atoms with Crippen molar-refractivity contribution in [3.8, 4) is 6.07 Å². The highest BCUT2D eigenvalue weighted by Crippen LogP contribution is 2.15. The standard InChI is InChI=1S/C29H42N4O7.C28H40N4O8.C23H30N4O5.C2H3N/c1-8-11-12-15-21(17-19(4)34)39-27(37)23(10-3)33-25(35)22(9-2)32-26(36)24-16-13-14-20(31-24)18-30-28(38)40-29(5,6)7;1-7-10-11-14-19(16-23(33)34)39-26(37)21(9-3)32-24(35)20(8-2)31-25(36)22-15-12-13-18(30-22)17-29-27(38)40-28(4,5)6;1-4-7-8-11-16-13-20(28)24-14-15-10-9-12-19(25-15)22(30)26-17(5-2)21(29)27-18(6-3)23(31)32-16;1-2-3/h9,12-16,21,23H,8,10-11,17-18H2,1-7H3,(H,30,38)(H,32,36)(H,33,35);8,11-15,19,21H,7,9-10,16-17H2,1-6H3,(H,29,38)(H,31,36)(H,32,35)(H,33,34);5,8-12,16,18H,4,6-7,13-14H2,1-3H3,(H,24,28)(H,26,30)(H,27,29);1H3/b15-12+,22-9-;14-11+,20-8-;11-8+,17-5-;/t21-,23+;19-,21+;16-,18+;/m111./s1. The van der Waals surface area contributed by atoms with Crippen molar-refractivity contribution in [2.24, 2.45) is 0 Å². The third-order valence-electron chi connectivity index (χ3n) is 15.0. The Bertz CT molecular complexity index is 3840. The van der Waals surface area contributed by atoms with E-state index in [1.807, 2.05) is 32.9 Å². The number of fused-ring (bicyclic) bond motifs is 2. The predicted molar refractivity (Wildman–Crippen MR) is 426 cm³/mol. The number of carboxylic acids is 1. The maximum absolute atomic E-state index is 12.9. The highest BCUT2D eigenvalue weighted by atomic mass is 16.6. The molecule has 2 bridgehead atoms. The molecule has 0 saturated heterocycles. The molecule has 4 rings (SSSR count). The Morgan fingerprint density at radius 2 is 1.10 bits per heavy atom. The number of pyridine rings is 3. The Morgan fingerprint density at radius 1 is 0.643 bits per heavy atom. The molecule has 33 nitrogen and oxygen atoms in total. The van der Waals surface area contributed by atoms with Gasteiger partial charge in [-0.2, -0.15) is 5.26 Å². The predicted octanol–water partition coefficient (Wildman–Crippen LogP) is 9.69. The average molecular weight is 1600 g/mol. The van der Waals surface area contributed by atoms with Crippen LogP contribution in [-0.2, 0) is 86.5 Å². The van der Waals surface area contributed by atoms with Gasteiger partial charge in [0.2, 0.25) is 5.91 Å². The van der Waals surface area contributed by atoms with E-state index in [4.69, 9.17) is 34.1 Å². The third-order valence-corrected chi connectivity index (χ3v) is 15.0. The van der Waals surface area contributed by atoms with Crippen LogP contribution in [0.4, 0.5) is 9.59 Å². The van der Waals surface area contributed by atoms with Gasteiger partial charge in [0.15, 0.2) is 0 Å². The number of aromatic nitrogens is 3. The van der Waals surface area contributed by atoms with Gasteiger partial charge in [-0.15, -0.1) is 0 Å². The van der Waals surface area contributed by atoms with Crippen molar-refractivity contribution in [3.05, 3.63) is 161 Å². The van der Waals surface area contributed by atoms with Gasteiger partial charge in [-0.25, -0.2) is 38.9 Å². The molecule has 0 radical (unpaired) electrons. The van der Waals surface area contributed by atoms with E-state index in [0.717, 1.165) is 32.1 Å². The van der Waals surface area contributed by atoms with Crippen LogP contribution in [-0.4, -0.2) is 151 Å². The second-order valence-electron chi connectivity index (χ2n) is 27.3. The van der Waals surface area contributed by atoms with Crippen LogP contribution in [0.3, 0.4) is 0 Å². The van der Waals surface area contributed by atoms with Crippen LogP contribution in [0.15, 0.2) is 126 Å². The number of amides is 9. The molecule has 115 heavy (non-hydrogen) atoms. The molecule has 4 heterocycles. The summed E-state index contributed by atoms with van der Waals surface area (Å²) < 4.78 is 26.7. The van der Waals surface area contributed by atoms with Crippen molar-refractivity contribution in [2.45, 2.75) is 262 Å². The highest BCUT2D eigenvalue weighted by molar-refractivity contribution is 6.05. The molecule has 0 aliphatic carbocycles. The van der Waals surface area contributed by atoms with E-state index in [0.29, 0.717) is 23.5 Å². The molecule has 1 aliphatic heterocycles. The first-order chi connectivity index (χ1) is 54.4. The van der Waals surface area contributed by atoms with Crippen LogP contribution >= 0.6 is 0 Å². The number of nitrogens with one attached hydrogen (secondary N) is 9. The van der Waals surface area contributed by atoms with Crippen molar-refractivity contribution in [3.63, 3.8) is 0 Å². The van der Waals surface area contributed by atoms with Gasteiger partial charge in [-0.05, 0) is 162 Å². The number of alkyl carbamates (subject to hydrolysis) is 2. The number of ether oxygens (including phenoxy) is 5. The maximum Gasteiger partial charge on any atom is 0.407 e. The summed E-state index contributed by atoms with van der Waals surface area (Å²) in [5, 5.41) is 39.5. The van der Waals surface area contributed by atoms with Gasteiger partial charge in [0.1, 0.15) is 87.6 Å². The van der Waals surface area contributed by atoms with E-state index < -0.39 is 126 Å². The highest BCUT2D eigenvalue weighted by Gasteiger charge is 2.31. The quantitative estimate of drug-likeness (QED) is 0.0120. The lowest BCUT2D eigenvalue weighted by Gasteiger charge is -2.21. The zero-order valence-electron chi connectivity index (χ0n) is 69.0. The monoisotopic (exact) mass is 1600 g/mol. The molecule has 0 aromatic carbocycles. The average Bonchev–Trinajstić information content (AvgIpc) is 0.860. The fraction of sp³-hybridized carbons (Fsp3) is 0.488. The summed E-state index contributed by atoms with van der Waals surface area (Å²) in [6.07, 6.45) is 16.0. The van der Waals surface area contributed by atoms with E-state index in [2.05, 4.69) is 62.8 Å². The van der Waals surface area contributed by atoms with E-state index in [1.165, 1.54) is 63.3 Å². The number of ketones is 1. The SMILES string of the molecule is C/C=C(\NC(=O)c1cccc(CNC(=O)OC(C)(C)C)n1)C(=O)N[C@@H](CC)C(=O)O[C@H](/C=C/CCC)CC(=O)O.C/C=C(\NC(=O)c1cccc(CNC(=O)OC(C)(C)C)n1)C(=O)N[C@@H](CC)C(=O)O[C@H](/C=C/CCC)CC(C)=O.C/C=C1\NC(=O)c2cccc(n2)CNC(=O)C[C@@H](/C=C/CCC)OC(=O)[C@H](CC)NC1=O.CC#N. The largest absolute Gasteiger partial charge is 0.481 e. The molecule has 0 unspecified atom stereocenters. The summed E-state index contributed by atoms with van der Waals surface area (Å²) in [6.45, 7) is 29.2. The molecule has 0 spiro atoms. The number of carbonyl (C=O) groups is 14. The zero-order chi connectivity index (χ0) is 86.8. The Morgan fingerprint density at radius 3 is 1.50 bits per heavy atom. The third kappa shape index (κ3) is 42.8. The number of rotatable bonds is 32. The minimum Gasteiger partial charge on any atom is -0.481 e. The van der Waals surface area contributed by atoms with Crippen molar-refractivity contribution >= 4 is 83.2 Å². The molecule has 33 heteroatoms. The molecule has 0 saturated carbocycles. The van der Waals surface area contributed by atoms with Crippen molar-refractivity contribution in [1.82, 2.24) is 62.8 Å². The number of hydrogen-bond donors (Lipinski definition) is 10. The summed E-state index contributed by atoms with van der Waals surface area (Å²) >= 11 is 0. The first-order valence-corrected chi connectivity index (χ1v) is 37.9. The van der Waals surface area contributed by atoms with Gasteiger partial charge in [-0.1, -0.05) is 115 Å². The fourth-order valence-electron chi connectivity index (χ4n) is 9.38. The smallest absolute Gasteiger partial charge is 0.407 e. The number of nitriles is 1. The van der Waals surface area contributed by atoms with Gasteiger partial charge in [-0.3, -0.25) is 43.2 Å². The van der Waals surface area contributed by atoms with E-state index >= 15 is 0 Å². The number of nitrogens with zero attached hydrogens (tertiary/aromatic N) is 4. The van der Waals surface area contributed by atoms with E-state index in [9.17, 15) is 67.1 Å². The minimum atomic E-state index is -1.13. The molecule has 6 atom stereocenters. The van der Waals surface area contributed by atoms with Crippen LogP contribution in [0, 0.1) is 11.3 Å². The van der Waals surface area contributed by atoms with Gasteiger partial charge < -0.3 is 76.6 Å². The van der Waals surface area contributed by atoms with Crippen LogP contribution in [0.2, 0.25) is 0 Å². The molecule has 628 valence electrons. The van der Waals surface area contributed by atoms with Crippen molar-refractivity contribution < 1.29 is 95.9 Å². The number of cyclic esters (lactones) is 1. The Hall–Kier alpha value is -12.2. The molecule has 3 aromatic rings. The summed E-state index contributed by atoms with van der Waals surface area (Å²) in [4.78, 5) is 186. The first kappa shape index (κ1) is 101. The van der Waals surface area contributed by atoms with Gasteiger partial charge in [0, 0.05) is 13.3 Å². The molecule has 1 aliphatic rings. The second-order valence-corrected chi connectivity index (χ2v) is 27.3. The number of carbonyl (C=O) groups excluding carboxylic acids is 13. The normalized spacial score (nSPS) is 15.5. The van der Waals surface area contributed by atoms with Crippen LogP contribution < -0.4 is 47.9 Å². The van der Waals surface area contributed by atoms with E-state index in [1.54, 1.807) is 137 Å². The molecular weight excluding hydrogens is 1490 g/mol. The summed E-state index contributed by atoms with van der Waals surface area (Å²) in [6, 6.07) is 12.9.